The molecular formula is C10H14F2N4O3. The fraction of sp³-hybridized carbons (Fsp3) is 0.600. The van der Waals surface area contributed by atoms with Crippen LogP contribution in [0, 0.1) is 0 Å². The summed E-state index contributed by atoms with van der Waals surface area (Å²) in [5, 5.41) is 12.7. The summed E-state index contributed by atoms with van der Waals surface area (Å²) < 4.78 is 29.8. The van der Waals surface area contributed by atoms with Crippen LogP contribution in [0.1, 0.15) is 18.9 Å². The summed E-state index contributed by atoms with van der Waals surface area (Å²) in [7, 11) is 0. The third-order valence-electron chi connectivity index (χ3n) is 3.03. The van der Waals surface area contributed by atoms with Crippen molar-refractivity contribution in [1.29, 1.82) is 0 Å². The van der Waals surface area contributed by atoms with E-state index in [2.05, 4.69) is 9.84 Å². The molecule has 0 unspecified atom stereocenters. The van der Waals surface area contributed by atoms with Crippen molar-refractivity contribution in [2.24, 2.45) is 0 Å². The zero-order valence-corrected chi connectivity index (χ0v) is 10.00. The summed E-state index contributed by atoms with van der Waals surface area (Å²) >= 11 is 0. The summed E-state index contributed by atoms with van der Waals surface area (Å²) in [4.78, 5) is 12.1. The molecule has 1 amide bonds. The van der Waals surface area contributed by atoms with Crippen molar-refractivity contribution in [3.05, 3.63) is 6.20 Å². The number of aromatic nitrogens is 2. The van der Waals surface area contributed by atoms with E-state index < -0.39 is 12.7 Å². The van der Waals surface area contributed by atoms with Gasteiger partial charge in [-0.25, -0.2) is 4.79 Å². The Hall–Kier alpha value is -2.06. The Labute approximate surface area is 107 Å². The van der Waals surface area contributed by atoms with Crippen molar-refractivity contribution in [1.82, 2.24) is 14.7 Å². The molecule has 1 aliphatic heterocycles. The van der Waals surface area contributed by atoms with Gasteiger partial charge in [0.25, 0.3) is 5.88 Å². The maximum absolute atomic E-state index is 12.1. The highest BCUT2D eigenvalue weighted by Crippen LogP contribution is 2.27. The van der Waals surface area contributed by atoms with Crippen molar-refractivity contribution in [3.63, 3.8) is 0 Å². The van der Waals surface area contributed by atoms with Crippen LogP contribution in [0.4, 0.5) is 19.3 Å². The summed E-state index contributed by atoms with van der Waals surface area (Å²) in [5.74, 6) is -0.296. The number of nitrogens with two attached hydrogens (primary N) is 1. The molecule has 1 aliphatic rings. The molecule has 106 valence electrons. The maximum atomic E-state index is 12.1. The van der Waals surface area contributed by atoms with Crippen molar-refractivity contribution in [2.75, 3.05) is 18.8 Å². The van der Waals surface area contributed by atoms with Crippen LogP contribution in [-0.2, 0) is 0 Å². The van der Waals surface area contributed by atoms with Gasteiger partial charge in [0.05, 0.1) is 12.2 Å². The molecule has 3 N–H and O–H groups in total. The van der Waals surface area contributed by atoms with Gasteiger partial charge in [-0.15, -0.1) is 5.10 Å². The number of hydrogen-bond donors (Lipinski definition) is 2. The normalized spacial score (nSPS) is 16.9. The van der Waals surface area contributed by atoms with E-state index in [1.54, 1.807) is 0 Å². The van der Waals surface area contributed by atoms with E-state index in [0.717, 1.165) is 0 Å². The molecule has 2 heterocycles. The minimum atomic E-state index is -2.97. The Balaban J connectivity index is 2.01. The molecule has 2 rings (SSSR count). The van der Waals surface area contributed by atoms with Crippen LogP contribution in [0.5, 0.6) is 5.88 Å². The second-order valence-corrected chi connectivity index (χ2v) is 4.25. The van der Waals surface area contributed by atoms with Crippen molar-refractivity contribution in [3.8, 4) is 5.88 Å². The molecule has 1 fully saturated rings. The SMILES string of the molecule is Nc1cn(C2CCN(C(=O)O)CC2)nc1OC(F)F. The molecule has 0 atom stereocenters. The number of nitrogens with zero attached hydrogens (tertiary/aromatic N) is 3. The van der Waals surface area contributed by atoms with E-state index in [0.29, 0.717) is 25.9 Å². The van der Waals surface area contributed by atoms with Crippen molar-refractivity contribution in [2.45, 2.75) is 25.5 Å². The minimum absolute atomic E-state index is 0.0426. The van der Waals surface area contributed by atoms with E-state index in [-0.39, 0.29) is 17.6 Å². The summed E-state index contributed by atoms with van der Waals surface area (Å²) in [6, 6.07) is -0.0621. The number of likely N-dealkylation sites (tertiary alicyclic amines) is 1. The summed E-state index contributed by atoms with van der Waals surface area (Å²) in [6.45, 7) is -2.21. The van der Waals surface area contributed by atoms with Gasteiger partial charge in [-0.2, -0.15) is 8.78 Å². The highest BCUT2D eigenvalue weighted by molar-refractivity contribution is 5.65. The largest absolute Gasteiger partial charge is 0.465 e. The molecule has 19 heavy (non-hydrogen) atoms. The summed E-state index contributed by atoms with van der Waals surface area (Å²) in [6.07, 6.45) is 1.59. The van der Waals surface area contributed by atoms with Crippen LogP contribution in [0.3, 0.4) is 0 Å². The quantitative estimate of drug-likeness (QED) is 0.869. The Bertz CT molecular complexity index is 458. The van der Waals surface area contributed by atoms with E-state index >= 15 is 0 Å². The number of carboxylic acid groups (broad SMARTS) is 1. The van der Waals surface area contributed by atoms with Gasteiger partial charge >= 0.3 is 12.7 Å². The van der Waals surface area contributed by atoms with E-state index in [1.165, 1.54) is 15.8 Å². The number of rotatable bonds is 3. The minimum Gasteiger partial charge on any atom is -0.465 e. The highest BCUT2D eigenvalue weighted by atomic mass is 19.3. The van der Waals surface area contributed by atoms with Crippen LogP contribution >= 0.6 is 0 Å². The Morgan fingerprint density at radius 1 is 1.53 bits per heavy atom. The third kappa shape index (κ3) is 3.04. The van der Waals surface area contributed by atoms with Gasteiger partial charge in [0.15, 0.2) is 0 Å². The van der Waals surface area contributed by atoms with Crippen LogP contribution in [0.2, 0.25) is 0 Å². The summed E-state index contributed by atoms with van der Waals surface area (Å²) in [5.41, 5.74) is 5.57. The first-order valence-corrected chi connectivity index (χ1v) is 5.74. The monoisotopic (exact) mass is 276 g/mol. The van der Waals surface area contributed by atoms with Crippen LogP contribution in [0.15, 0.2) is 6.20 Å². The Kier molecular flexibility index (Phi) is 3.72. The molecule has 1 aromatic rings. The first-order chi connectivity index (χ1) is 8.97. The second-order valence-electron chi connectivity index (χ2n) is 4.25. The van der Waals surface area contributed by atoms with Gasteiger partial charge in [-0.05, 0) is 12.8 Å². The number of ether oxygens (including phenoxy) is 1. The van der Waals surface area contributed by atoms with E-state index in [9.17, 15) is 13.6 Å². The van der Waals surface area contributed by atoms with E-state index in [4.69, 9.17) is 10.8 Å². The standard InChI is InChI=1S/C10H14F2N4O3/c11-9(12)19-8-7(13)5-16(14-8)6-1-3-15(4-2-6)10(17)18/h5-6,9H,1-4,13H2,(H,17,18). The van der Waals surface area contributed by atoms with Gasteiger partial charge in [-0.1, -0.05) is 0 Å². The van der Waals surface area contributed by atoms with Gasteiger partial charge in [0.1, 0.15) is 5.69 Å². The molecule has 1 saturated heterocycles. The van der Waals surface area contributed by atoms with Gasteiger partial charge < -0.3 is 20.5 Å². The van der Waals surface area contributed by atoms with Crippen LogP contribution < -0.4 is 10.5 Å². The molecule has 7 nitrogen and oxygen atoms in total. The number of piperidine rings is 1. The van der Waals surface area contributed by atoms with Gasteiger partial charge in [-0.3, -0.25) is 4.68 Å². The zero-order chi connectivity index (χ0) is 14.0. The molecule has 0 aliphatic carbocycles. The molecule has 1 aromatic heterocycles. The van der Waals surface area contributed by atoms with Gasteiger partial charge in [0, 0.05) is 13.1 Å². The highest BCUT2D eigenvalue weighted by Gasteiger charge is 2.25. The number of halogens is 2. The smallest absolute Gasteiger partial charge is 0.407 e. The molecule has 9 heteroatoms. The second kappa shape index (κ2) is 5.29. The number of alkyl halides is 2. The lowest BCUT2D eigenvalue weighted by Crippen LogP contribution is -2.38. The lowest BCUT2D eigenvalue weighted by Gasteiger charge is -2.29. The Morgan fingerprint density at radius 3 is 2.68 bits per heavy atom. The van der Waals surface area contributed by atoms with E-state index in [1.807, 2.05) is 0 Å². The molecule has 0 spiro atoms. The average Bonchev–Trinajstić information content (AvgIpc) is 2.70. The predicted octanol–water partition coefficient (Wildman–Crippen LogP) is 1.38. The first-order valence-electron chi connectivity index (χ1n) is 5.74. The number of carbonyl (C=O) groups is 1. The van der Waals surface area contributed by atoms with Crippen molar-refractivity contribution >= 4 is 11.8 Å². The maximum Gasteiger partial charge on any atom is 0.407 e. The Morgan fingerprint density at radius 2 is 2.16 bits per heavy atom. The average molecular weight is 276 g/mol. The molecule has 0 saturated carbocycles. The number of nitrogen functional groups attached to an aromatic ring is 1. The van der Waals surface area contributed by atoms with Crippen molar-refractivity contribution < 1.29 is 23.4 Å². The zero-order valence-electron chi connectivity index (χ0n) is 10.00. The van der Waals surface area contributed by atoms with Crippen LogP contribution in [0.25, 0.3) is 0 Å². The first kappa shape index (κ1) is 13.4. The third-order valence-corrected chi connectivity index (χ3v) is 3.03. The lowest BCUT2D eigenvalue weighted by molar-refractivity contribution is -0.0529. The fourth-order valence-corrected chi connectivity index (χ4v) is 2.07. The number of amides is 1. The molecule has 0 aromatic carbocycles. The topological polar surface area (TPSA) is 93.6 Å². The number of anilines is 1. The molecule has 0 radical (unpaired) electrons. The van der Waals surface area contributed by atoms with Gasteiger partial charge in [0.2, 0.25) is 0 Å². The predicted molar refractivity (Wildman–Crippen MR) is 61.1 cm³/mol. The van der Waals surface area contributed by atoms with Crippen LogP contribution in [-0.4, -0.2) is 45.6 Å². The lowest BCUT2D eigenvalue weighted by atomic mass is 10.1. The molecular weight excluding hydrogens is 262 g/mol. The number of hydrogen-bond acceptors (Lipinski definition) is 4. The fourth-order valence-electron chi connectivity index (χ4n) is 2.07. The molecule has 0 bridgehead atoms.